The number of halogens is 1. The van der Waals surface area contributed by atoms with Crippen molar-refractivity contribution in [3.05, 3.63) is 65.2 Å². The first-order valence-electron chi connectivity index (χ1n) is 7.49. The summed E-state index contributed by atoms with van der Waals surface area (Å²) in [4.78, 5) is 26.0. The van der Waals surface area contributed by atoms with Gasteiger partial charge in [0, 0.05) is 11.1 Å². The molecule has 1 fully saturated rings. The molecule has 0 spiro atoms. The molecule has 0 saturated carbocycles. The molecular weight excluding hydrogens is 312 g/mol. The van der Waals surface area contributed by atoms with Gasteiger partial charge in [-0.15, -0.1) is 0 Å². The molecule has 23 heavy (non-hydrogen) atoms. The first kappa shape index (κ1) is 15.7. The Hall–Kier alpha value is -2.17. The highest BCUT2D eigenvalue weighted by Crippen LogP contribution is 2.25. The van der Waals surface area contributed by atoms with Gasteiger partial charge < -0.3 is 0 Å². The highest BCUT2D eigenvalue weighted by atomic mass is 35.5. The molecule has 4 nitrogen and oxygen atoms in total. The fourth-order valence-corrected chi connectivity index (χ4v) is 2.89. The molecule has 2 amide bonds. The van der Waals surface area contributed by atoms with E-state index in [1.165, 1.54) is 4.90 Å². The Bertz CT molecular complexity index is 716. The van der Waals surface area contributed by atoms with Gasteiger partial charge in [-0.25, -0.2) is 4.90 Å². The maximum absolute atomic E-state index is 12.6. The third-order valence-electron chi connectivity index (χ3n) is 3.98. The van der Waals surface area contributed by atoms with E-state index in [0.29, 0.717) is 10.7 Å². The van der Waals surface area contributed by atoms with Crippen LogP contribution in [0.25, 0.3) is 0 Å². The summed E-state index contributed by atoms with van der Waals surface area (Å²) >= 11 is 5.86. The lowest BCUT2D eigenvalue weighted by molar-refractivity contribution is -0.121. The smallest absolute Gasteiger partial charge is 0.251 e. The summed E-state index contributed by atoms with van der Waals surface area (Å²) in [7, 11) is 0. The number of nitrogens with zero attached hydrogens (tertiary/aromatic N) is 1. The first-order valence-corrected chi connectivity index (χ1v) is 7.87. The molecule has 1 heterocycles. The lowest BCUT2D eigenvalue weighted by Gasteiger charge is -2.19. The van der Waals surface area contributed by atoms with Crippen LogP contribution in [0.15, 0.2) is 54.6 Å². The number of anilines is 1. The van der Waals surface area contributed by atoms with Crippen molar-refractivity contribution < 1.29 is 9.59 Å². The van der Waals surface area contributed by atoms with E-state index in [-0.39, 0.29) is 24.3 Å². The number of rotatable bonds is 4. The van der Waals surface area contributed by atoms with Crippen molar-refractivity contribution in [1.82, 2.24) is 5.32 Å². The number of amides is 2. The predicted molar refractivity (Wildman–Crippen MR) is 90.3 cm³/mol. The number of hydrogen-bond donors (Lipinski definition) is 1. The molecular formula is C18H17ClN2O2. The van der Waals surface area contributed by atoms with Crippen LogP contribution in [0.5, 0.6) is 0 Å². The minimum absolute atomic E-state index is 0.0110. The van der Waals surface area contributed by atoms with Gasteiger partial charge in [-0.2, -0.15) is 0 Å². The van der Waals surface area contributed by atoms with Crippen LogP contribution in [0.3, 0.4) is 0 Å². The third-order valence-corrected chi connectivity index (χ3v) is 4.23. The maximum atomic E-state index is 12.6. The normalized spacial score (nSPS) is 19.2. The molecule has 0 bridgehead atoms. The van der Waals surface area contributed by atoms with Crippen molar-refractivity contribution in [3.63, 3.8) is 0 Å². The molecule has 2 aromatic rings. The zero-order valence-electron chi connectivity index (χ0n) is 12.7. The maximum Gasteiger partial charge on any atom is 0.251 e. The number of benzene rings is 2. The van der Waals surface area contributed by atoms with Crippen LogP contribution in [0, 0.1) is 0 Å². The van der Waals surface area contributed by atoms with E-state index in [1.54, 1.807) is 24.3 Å². The Morgan fingerprint density at radius 2 is 1.74 bits per heavy atom. The molecule has 2 aromatic carbocycles. The van der Waals surface area contributed by atoms with E-state index in [0.717, 1.165) is 5.56 Å². The Balaban J connectivity index is 1.75. The van der Waals surface area contributed by atoms with Crippen LogP contribution in [0.4, 0.5) is 5.69 Å². The summed E-state index contributed by atoms with van der Waals surface area (Å²) < 4.78 is 0. The second kappa shape index (κ2) is 6.52. The molecule has 0 aromatic heterocycles. The van der Waals surface area contributed by atoms with Crippen LogP contribution >= 0.6 is 11.6 Å². The van der Waals surface area contributed by atoms with Crippen LogP contribution in [0.1, 0.15) is 24.9 Å². The average molecular weight is 329 g/mol. The summed E-state index contributed by atoms with van der Waals surface area (Å²) in [5.41, 5.74) is 1.64. The monoisotopic (exact) mass is 328 g/mol. The van der Waals surface area contributed by atoms with E-state index in [2.05, 4.69) is 5.32 Å². The largest absolute Gasteiger partial charge is 0.299 e. The minimum Gasteiger partial charge on any atom is -0.299 e. The van der Waals surface area contributed by atoms with Crippen LogP contribution in [-0.2, 0) is 9.59 Å². The van der Waals surface area contributed by atoms with Crippen LogP contribution in [-0.4, -0.2) is 17.9 Å². The highest BCUT2D eigenvalue weighted by molar-refractivity contribution is 6.30. The number of carbonyl (C=O) groups excluding carboxylic acids is 2. The Morgan fingerprint density at radius 1 is 1.09 bits per heavy atom. The van der Waals surface area contributed by atoms with Gasteiger partial charge in [0.25, 0.3) is 5.91 Å². The van der Waals surface area contributed by atoms with Gasteiger partial charge in [-0.1, -0.05) is 41.9 Å². The SMILES string of the molecule is CC(NC1CC(=O)N(c2ccc(Cl)cc2)C1=O)c1ccccc1. The standard InChI is InChI=1S/C18H17ClN2O2/c1-12(13-5-3-2-4-6-13)20-16-11-17(22)21(18(16)23)15-9-7-14(19)8-10-15/h2-10,12,16,20H,11H2,1H3. The molecule has 0 radical (unpaired) electrons. The van der Waals surface area contributed by atoms with Gasteiger partial charge in [0.05, 0.1) is 18.2 Å². The van der Waals surface area contributed by atoms with Crippen molar-refractivity contribution in [2.75, 3.05) is 4.90 Å². The number of carbonyl (C=O) groups is 2. The molecule has 118 valence electrons. The summed E-state index contributed by atoms with van der Waals surface area (Å²) in [5, 5.41) is 3.82. The van der Waals surface area contributed by atoms with Gasteiger partial charge in [-0.05, 0) is 36.8 Å². The number of nitrogens with one attached hydrogen (secondary N) is 1. The van der Waals surface area contributed by atoms with E-state index < -0.39 is 6.04 Å². The van der Waals surface area contributed by atoms with Crippen molar-refractivity contribution >= 4 is 29.1 Å². The van der Waals surface area contributed by atoms with Gasteiger partial charge in [0.1, 0.15) is 0 Å². The van der Waals surface area contributed by atoms with Gasteiger partial charge >= 0.3 is 0 Å². The van der Waals surface area contributed by atoms with Crippen LogP contribution in [0.2, 0.25) is 5.02 Å². The Kier molecular flexibility index (Phi) is 4.46. The first-order chi connectivity index (χ1) is 11.1. The lowest BCUT2D eigenvalue weighted by Crippen LogP contribution is -2.39. The van der Waals surface area contributed by atoms with E-state index in [9.17, 15) is 9.59 Å². The quantitative estimate of drug-likeness (QED) is 0.876. The van der Waals surface area contributed by atoms with E-state index >= 15 is 0 Å². The van der Waals surface area contributed by atoms with Crippen molar-refractivity contribution in [2.24, 2.45) is 0 Å². The fraction of sp³-hybridized carbons (Fsp3) is 0.222. The van der Waals surface area contributed by atoms with Crippen LogP contribution < -0.4 is 10.2 Å². The average Bonchev–Trinajstić information content (AvgIpc) is 2.83. The molecule has 1 N–H and O–H groups in total. The fourth-order valence-electron chi connectivity index (χ4n) is 2.76. The summed E-state index contributed by atoms with van der Waals surface area (Å²) in [5.74, 6) is -0.421. The van der Waals surface area contributed by atoms with E-state index in [4.69, 9.17) is 11.6 Å². The second-order valence-electron chi connectivity index (χ2n) is 5.60. The molecule has 3 rings (SSSR count). The van der Waals surface area contributed by atoms with Crippen molar-refractivity contribution in [2.45, 2.75) is 25.4 Å². The minimum atomic E-state index is -0.506. The van der Waals surface area contributed by atoms with Gasteiger partial charge in [0.15, 0.2) is 0 Å². The molecule has 2 unspecified atom stereocenters. The summed E-state index contributed by atoms with van der Waals surface area (Å²) in [6, 6.07) is 16.0. The lowest BCUT2D eigenvalue weighted by atomic mass is 10.1. The zero-order chi connectivity index (χ0) is 16.4. The molecule has 1 aliphatic rings. The van der Waals surface area contributed by atoms with Crippen molar-refractivity contribution in [3.8, 4) is 0 Å². The molecule has 5 heteroatoms. The third kappa shape index (κ3) is 3.28. The molecule has 1 aliphatic heterocycles. The second-order valence-corrected chi connectivity index (χ2v) is 6.04. The topological polar surface area (TPSA) is 49.4 Å². The molecule has 1 saturated heterocycles. The number of hydrogen-bond acceptors (Lipinski definition) is 3. The number of imide groups is 1. The molecule has 2 atom stereocenters. The Labute approximate surface area is 140 Å². The van der Waals surface area contributed by atoms with Gasteiger partial charge in [-0.3, -0.25) is 14.9 Å². The van der Waals surface area contributed by atoms with E-state index in [1.807, 2.05) is 37.3 Å². The molecule has 0 aliphatic carbocycles. The van der Waals surface area contributed by atoms with Crippen molar-refractivity contribution in [1.29, 1.82) is 0 Å². The zero-order valence-corrected chi connectivity index (χ0v) is 13.5. The Morgan fingerprint density at radius 3 is 2.39 bits per heavy atom. The predicted octanol–water partition coefficient (Wildman–Crippen LogP) is 3.32. The summed E-state index contributed by atoms with van der Waals surface area (Å²) in [6.45, 7) is 1.98. The van der Waals surface area contributed by atoms with Gasteiger partial charge in [0.2, 0.25) is 5.91 Å². The highest BCUT2D eigenvalue weighted by Gasteiger charge is 2.39. The summed E-state index contributed by atoms with van der Waals surface area (Å²) in [6.07, 6.45) is 0.165.